The minimum Gasteiger partial charge on any atom is -0.359 e. The zero-order valence-corrected chi connectivity index (χ0v) is 13.8. The van der Waals surface area contributed by atoms with Crippen LogP contribution in [-0.2, 0) is 0 Å². The number of rotatable bonds is 4. The lowest BCUT2D eigenvalue weighted by Crippen LogP contribution is -2.17. The summed E-state index contributed by atoms with van der Waals surface area (Å²) in [7, 11) is 0. The highest BCUT2D eigenvalue weighted by Gasteiger charge is 2.19. The van der Waals surface area contributed by atoms with Gasteiger partial charge in [0.25, 0.3) is 0 Å². The SMILES string of the molecule is Cc1nc(N2CCCC2)sc1-c1csc(NC(C)C)n1. The number of nitrogens with zero attached hydrogens (tertiary/aromatic N) is 3. The van der Waals surface area contributed by atoms with Crippen LogP contribution in [0.3, 0.4) is 0 Å². The van der Waals surface area contributed by atoms with Crippen molar-refractivity contribution in [2.75, 3.05) is 23.3 Å². The van der Waals surface area contributed by atoms with E-state index in [-0.39, 0.29) is 0 Å². The van der Waals surface area contributed by atoms with Crippen molar-refractivity contribution in [3.8, 4) is 10.6 Å². The van der Waals surface area contributed by atoms with E-state index in [0.717, 1.165) is 34.7 Å². The quantitative estimate of drug-likeness (QED) is 0.927. The first kappa shape index (κ1) is 13.8. The van der Waals surface area contributed by atoms with Crippen LogP contribution in [0.25, 0.3) is 10.6 Å². The molecule has 0 radical (unpaired) electrons. The molecule has 0 bridgehead atoms. The second-order valence-electron chi connectivity index (χ2n) is 5.44. The Morgan fingerprint density at radius 1 is 1.25 bits per heavy atom. The molecule has 2 aromatic heterocycles. The van der Waals surface area contributed by atoms with Gasteiger partial charge in [0.05, 0.1) is 16.3 Å². The molecule has 1 aliphatic heterocycles. The van der Waals surface area contributed by atoms with Crippen molar-refractivity contribution < 1.29 is 0 Å². The van der Waals surface area contributed by atoms with Gasteiger partial charge in [0.2, 0.25) is 0 Å². The van der Waals surface area contributed by atoms with E-state index in [9.17, 15) is 0 Å². The van der Waals surface area contributed by atoms with E-state index in [0.29, 0.717) is 6.04 Å². The molecule has 0 aliphatic carbocycles. The normalized spacial score (nSPS) is 15.3. The number of nitrogens with one attached hydrogen (secondary N) is 1. The van der Waals surface area contributed by atoms with Crippen molar-refractivity contribution in [3.05, 3.63) is 11.1 Å². The zero-order valence-electron chi connectivity index (χ0n) is 12.1. The highest BCUT2D eigenvalue weighted by atomic mass is 32.1. The molecule has 6 heteroatoms. The first-order valence-electron chi connectivity index (χ1n) is 7.08. The molecule has 1 N–H and O–H groups in total. The van der Waals surface area contributed by atoms with Crippen LogP contribution < -0.4 is 10.2 Å². The van der Waals surface area contributed by atoms with Gasteiger partial charge in [-0.25, -0.2) is 9.97 Å². The van der Waals surface area contributed by atoms with Gasteiger partial charge in [-0.05, 0) is 33.6 Å². The minimum atomic E-state index is 0.414. The Labute approximate surface area is 127 Å². The molecular formula is C14H20N4S2. The first-order chi connectivity index (χ1) is 9.63. The van der Waals surface area contributed by atoms with Crippen LogP contribution in [0.2, 0.25) is 0 Å². The van der Waals surface area contributed by atoms with Crippen LogP contribution in [0, 0.1) is 6.92 Å². The number of anilines is 2. The van der Waals surface area contributed by atoms with Crippen LogP contribution in [0.4, 0.5) is 10.3 Å². The van der Waals surface area contributed by atoms with Gasteiger partial charge in [-0.15, -0.1) is 11.3 Å². The summed E-state index contributed by atoms with van der Waals surface area (Å²) in [4.78, 5) is 13.0. The van der Waals surface area contributed by atoms with E-state index < -0.39 is 0 Å². The molecule has 0 aromatic carbocycles. The highest BCUT2D eigenvalue weighted by molar-refractivity contribution is 7.19. The average molecular weight is 308 g/mol. The lowest BCUT2D eigenvalue weighted by Gasteiger charge is -2.11. The lowest BCUT2D eigenvalue weighted by atomic mass is 10.3. The fraction of sp³-hybridized carbons (Fsp3) is 0.571. The summed E-state index contributed by atoms with van der Waals surface area (Å²) in [6.07, 6.45) is 2.57. The standard InChI is InChI=1S/C14H20N4S2/c1-9(2)15-13-17-11(8-19-13)12-10(3)16-14(20-12)18-6-4-5-7-18/h8-9H,4-7H2,1-3H3,(H,15,17). The smallest absolute Gasteiger partial charge is 0.186 e. The third kappa shape index (κ3) is 2.81. The number of aromatic nitrogens is 2. The molecule has 4 nitrogen and oxygen atoms in total. The number of aryl methyl sites for hydroxylation is 1. The summed E-state index contributed by atoms with van der Waals surface area (Å²) in [5.41, 5.74) is 2.15. The molecule has 0 atom stereocenters. The van der Waals surface area contributed by atoms with Crippen LogP contribution in [0.1, 0.15) is 32.4 Å². The fourth-order valence-corrected chi connectivity index (χ4v) is 4.36. The van der Waals surface area contributed by atoms with E-state index in [1.165, 1.54) is 17.7 Å². The van der Waals surface area contributed by atoms with Crippen LogP contribution in [0.15, 0.2) is 5.38 Å². The minimum absolute atomic E-state index is 0.414. The largest absolute Gasteiger partial charge is 0.359 e. The number of hydrogen-bond acceptors (Lipinski definition) is 6. The third-order valence-corrected chi connectivity index (χ3v) is 5.33. The van der Waals surface area contributed by atoms with E-state index in [4.69, 9.17) is 4.98 Å². The van der Waals surface area contributed by atoms with Gasteiger partial charge in [0, 0.05) is 24.5 Å². The third-order valence-electron chi connectivity index (χ3n) is 3.31. The van der Waals surface area contributed by atoms with Gasteiger partial charge in [-0.2, -0.15) is 0 Å². The van der Waals surface area contributed by atoms with Crippen molar-refractivity contribution in [1.82, 2.24) is 9.97 Å². The molecule has 0 spiro atoms. The Morgan fingerprint density at radius 3 is 2.70 bits per heavy atom. The predicted octanol–water partition coefficient (Wildman–Crippen LogP) is 4.00. The van der Waals surface area contributed by atoms with Crippen molar-refractivity contribution in [3.63, 3.8) is 0 Å². The Morgan fingerprint density at radius 2 is 2.00 bits per heavy atom. The molecule has 108 valence electrons. The fourth-order valence-electron chi connectivity index (χ4n) is 2.35. The van der Waals surface area contributed by atoms with Gasteiger partial charge in [-0.3, -0.25) is 0 Å². The summed E-state index contributed by atoms with van der Waals surface area (Å²) in [6.45, 7) is 8.63. The van der Waals surface area contributed by atoms with Gasteiger partial charge in [0.1, 0.15) is 0 Å². The summed E-state index contributed by atoms with van der Waals surface area (Å²) in [5, 5.41) is 7.63. The van der Waals surface area contributed by atoms with Crippen LogP contribution in [-0.4, -0.2) is 29.1 Å². The van der Waals surface area contributed by atoms with Crippen molar-refractivity contribution in [1.29, 1.82) is 0 Å². The van der Waals surface area contributed by atoms with E-state index in [2.05, 4.69) is 41.4 Å². The molecule has 20 heavy (non-hydrogen) atoms. The van der Waals surface area contributed by atoms with E-state index in [1.807, 2.05) is 0 Å². The van der Waals surface area contributed by atoms with Crippen LogP contribution in [0.5, 0.6) is 0 Å². The maximum Gasteiger partial charge on any atom is 0.186 e. The van der Waals surface area contributed by atoms with Gasteiger partial charge < -0.3 is 10.2 Å². The topological polar surface area (TPSA) is 41.1 Å². The molecule has 2 aromatic rings. The highest BCUT2D eigenvalue weighted by Crippen LogP contribution is 2.36. The monoisotopic (exact) mass is 308 g/mol. The first-order valence-corrected chi connectivity index (χ1v) is 8.78. The lowest BCUT2D eigenvalue weighted by molar-refractivity contribution is 0.897. The Hall–Kier alpha value is -1.14. The Balaban J connectivity index is 1.84. The number of thiazole rings is 2. The number of hydrogen-bond donors (Lipinski definition) is 1. The Bertz CT molecular complexity index is 582. The molecule has 3 rings (SSSR count). The van der Waals surface area contributed by atoms with Crippen molar-refractivity contribution in [2.24, 2.45) is 0 Å². The summed E-state index contributed by atoms with van der Waals surface area (Å²) >= 11 is 3.44. The second kappa shape index (κ2) is 5.69. The maximum atomic E-state index is 4.73. The van der Waals surface area contributed by atoms with E-state index in [1.54, 1.807) is 22.7 Å². The van der Waals surface area contributed by atoms with Crippen LogP contribution >= 0.6 is 22.7 Å². The van der Waals surface area contributed by atoms with Gasteiger partial charge >= 0.3 is 0 Å². The van der Waals surface area contributed by atoms with Gasteiger partial charge in [-0.1, -0.05) is 11.3 Å². The Kier molecular flexibility index (Phi) is 3.94. The molecule has 0 amide bonds. The molecule has 3 heterocycles. The second-order valence-corrected chi connectivity index (χ2v) is 7.28. The zero-order chi connectivity index (χ0) is 14.1. The summed E-state index contributed by atoms with van der Waals surface area (Å²) < 4.78 is 0. The summed E-state index contributed by atoms with van der Waals surface area (Å²) in [5.74, 6) is 0. The molecule has 1 aliphatic rings. The average Bonchev–Trinajstić information content (AvgIpc) is 3.07. The summed E-state index contributed by atoms with van der Waals surface area (Å²) in [6, 6.07) is 0.414. The maximum absolute atomic E-state index is 4.73. The van der Waals surface area contributed by atoms with Crippen molar-refractivity contribution >= 4 is 32.9 Å². The molecule has 1 fully saturated rings. The molecular weight excluding hydrogens is 288 g/mol. The molecule has 0 saturated carbocycles. The molecule has 1 saturated heterocycles. The predicted molar refractivity (Wildman–Crippen MR) is 88.2 cm³/mol. The molecule has 0 unspecified atom stereocenters. The van der Waals surface area contributed by atoms with Crippen molar-refractivity contribution in [2.45, 2.75) is 39.7 Å². The van der Waals surface area contributed by atoms with E-state index >= 15 is 0 Å². The van der Waals surface area contributed by atoms with Gasteiger partial charge in [0.15, 0.2) is 10.3 Å².